The third-order valence-corrected chi connectivity index (χ3v) is 2.32. The SMILES string of the molecule is CCCCCOCc1ccoc1CNC. The average Bonchev–Trinajstić information content (AvgIpc) is 2.66. The van der Waals surface area contributed by atoms with Gasteiger partial charge in [-0.3, -0.25) is 0 Å². The molecule has 86 valence electrons. The number of nitrogens with one attached hydrogen (secondary N) is 1. The summed E-state index contributed by atoms with van der Waals surface area (Å²) >= 11 is 0. The average molecular weight is 211 g/mol. The summed E-state index contributed by atoms with van der Waals surface area (Å²) in [6.07, 6.45) is 5.35. The van der Waals surface area contributed by atoms with Crippen molar-refractivity contribution >= 4 is 0 Å². The third kappa shape index (κ3) is 4.49. The van der Waals surface area contributed by atoms with Gasteiger partial charge in [-0.25, -0.2) is 0 Å². The smallest absolute Gasteiger partial charge is 0.123 e. The number of furan rings is 1. The normalized spacial score (nSPS) is 10.8. The van der Waals surface area contributed by atoms with Crippen LogP contribution in [0, 0.1) is 0 Å². The first-order valence-corrected chi connectivity index (χ1v) is 5.66. The Morgan fingerprint density at radius 3 is 3.00 bits per heavy atom. The Balaban J connectivity index is 2.21. The minimum absolute atomic E-state index is 0.664. The first kappa shape index (κ1) is 12.3. The van der Waals surface area contributed by atoms with Gasteiger partial charge in [-0.15, -0.1) is 0 Å². The fraction of sp³-hybridized carbons (Fsp3) is 0.667. The summed E-state index contributed by atoms with van der Waals surface area (Å²) in [5.41, 5.74) is 1.15. The number of hydrogen-bond donors (Lipinski definition) is 1. The largest absolute Gasteiger partial charge is 0.468 e. The van der Waals surface area contributed by atoms with Gasteiger partial charge in [0.2, 0.25) is 0 Å². The van der Waals surface area contributed by atoms with Crippen molar-refractivity contribution in [2.75, 3.05) is 13.7 Å². The predicted molar refractivity (Wildman–Crippen MR) is 60.7 cm³/mol. The second-order valence-corrected chi connectivity index (χ2v) is 3.66. The minimum atomic E-state index is 0.664. The highest BCUT2D eigenvalue weighted by atomic mass is 16.5. The van der Waals surface area contributed by atoms with E-state index in [2.05, 4.69) is 12.2 Å². The van der Waals surface area contributed by atoms with E-state index in [1.54, 1.807) is 6.26 Å². The molecule has 0 saturated carbocycles. The second kappa shape index (κ2) is 7.49. The van der Waals surface area contributed by atoms with Crippen molar-refractivity contribution in [3.05, 3.63) is 23.7 Å². The lowest BCUT2D eigenvalue weighted by Crippen LogP contribution is -2.06. The zero-order chi connectivity index (χ0) is 10.9. The van der Waals surface area contributed by atoms with E-state index in [0.717, 1.165) is 30.9 Å². The number of ether oxygens (including phenoxy) is 1. The van der Waals surface area contributed by atoms with Gasteiger partial charge in [0.1, 0.15) is 5.76 Å². The fourth-order valence-corrected chi connectivity index (χ4v) is 1.45. The highest BCUT2D eigenvalue weighted by Gasteiger charge is 2.04. The first-order valence-electron chi connectivity index (χ1n) is 5.66. The molecule has 0 atom stereocenters. The molecule has 0 aliphatic carbocycles. The van der Waals surface area contributed by atoms with Crippen LogP contribution in [0.4, 0.5) is 0 Å². The Bertz CT molecular complexity index is 258. The van der Waals surface area contributed by atoms with Gasteiger partial charge in [-0.05, 0) is 19.5 Å². The molecule has 3 nitrogen and oxygen atoms in total. The van der Waals surface area contributed by atoms with Crippen LogP contribution in [0.5, 0.6) is 0 Å². The molecule has 0 radical (unpaired) electrons. The molecule has 0 bridgehead atoms. The van der Waals surface area contributed by atoms with E-state index in [0.29, 0.717) is 6.61 Å². The monoisotopic (exact) mass is 211 g/mol. The maximum absolute atomic E-state index is 5.58. The van der Waals surface area contributed by atoms with Gasteiger partial charge in [0.05, 0.1) is 19.4 Å². The van der Waals surface area contributed by atoms with Crippen LogP contribution in [0.1, 0.15) is 37.5 Å². The van der Waals surface area contributed by atoms with Gasteiger partial charge in [0.15, 0.2) is 0 Å². The first-order chi connectivity index (χ1) is 7.38. The summed E-state index contributed by atoms with van der Waals surface area (Å²) in [6.45, 7) is 4.47. The zero-order valence-corrected chi connectivity index (χ0v) is 9.71. The molecule has 0 amide bonds. The highest BCUT2D eigenvalue weighted by molar-refractivity contribution is 5.15. The van der Waals surface area contributed by atoms with E-state index in [9.17, 15) is 0 Å². The molecule has 1 heterocycles. The van der Waals surface area contributed by atoms with Gasteiger partial charge in [0.25, 0.3) is 0 Å². The van der Waals surface area contributed by atoms with Crippen LogP contribution >= 0.6 is 0 Å². The molecular weight excluding hydrogens is 190 g/mol. The fourth-order valence-electron chi connectivity index (χ4n) is 1.45. The summed E-state index contributed by atoms with van der Waals surface area (Å²) < 4.78 is 10.9. The lowest BCUT2D eigenvalue weighted by molar-refractivity contribution is 0.116. The van der Waals surface area contributed by atoms with Crippen LogP contribution in [0.2, 0.25) is 0 Å². The van der Waals surface area contributed by atoms with E-state index < -0.39 is 0 Å². The summed E-state index contributed by atoms with van der Waals surface area (Å²) in [4.78, 5) is 0. The van der Waals surface area contributed by atoms with Crippen LogP contribution in [0.25, 0.3) is 0 Å². The number of unbranched alkanes of at least 4 members (excludes halogenated alkanes) is 2. The van der Waals surface area contributed by atoms with Crippen molar-refractivity contribution in [1.29, 1.82) is 0 Å². The van der Waals surface area contributed by atoms with Gasteiger partial charge >= 0.3 is 0 Å². The molecular formula is C12H21NO2. The molecule has 0 aromatic carbocycles. The molecule has 0 fully saturated rings. The van der Waals surface area contributed by atoms with E-state index in [-0.39, 0.29) is 0 Å². The lowest BCUT2D eigenvalue weighted by Gasteiger charge is -2.04. The van der Waals surface area contributed by atoms with Crippen molar-refractivity contribution in [2.24, 2.45) is 0 Å². The molecule has 1 aromatic rings. The van der Waals surface area contributed by atoms with E-state index >= 15 is 0 Å². The van der Waals surface area contributed by atoms with E-state index in [1.807, 2.05) is 13.1 Å². The molecule has 0 aliphatic heterocycles. The van der Waals surface area contributed by atoms with Crippen molar-refractivity contribution in [3.63, 3.8) is 0 Å². The zero-order valence-electron chi connectivity index (χ0n) is 9.71. The standard InChI is InChI=1S/C12H21NO2/c1-3-4-5-7-14-10-11-6-8-15-12(11)9-13-2/h6,8,13H,3-5,7,9-10H2,1-2H3. The Hall–Kier alpha value is -0.800. The Morgan fingerprint density at radius 2 is 2.27 bits per heavy atom. The highest BCUT2D eigenvalue weighted by Crippen LogP contribution is 2.11. The lowest BCUT2D eigenvalue weighted by atomic mass is 10.2. The molecule has 0 aliphatic rings. The quantitative estimate of drug-likeness (QED) is 0.671. The Kier molecular flexibility index (Phi) is 6.12. The third-order valence-electron chi connectivity index (χ3n) is 2.32. The molecule has 3 heteroatoms. The van der Waals surface area contributed by atoms with Crippen LogP contribution in [0.3, 0.4) is 0 Å². The van der Waals surface area contributed by atoms with Gasteiger partial charge in [-0.1, -0.05) is 19.8 Å². The predicted octanol–water partition coefficient (Wildman–Crippen LogP) is 2.71. The van der Waals surface area contributed by atoms with Crippen LogP contribution in [-0.4, -0.2) is 13.7 Å². The molecule has 1 rings (SSSR count). The topological polar surface area (TPSA) is 34.4 Å². The van der Waals surface area contributed by atoms with E-state index in [4.69, 9.17) is 9.15 Å². The van der Waals surface area contributed by atoms with Gasteiger partial charge in [-0.2, -0.15) is 0 Å². The number of hydrogen-bond acceptors (Lipinski definition) is 3. The van der Waals surface area contributed by atoms with Crippen LogP contribution < -0.4 is 5.32 Å². The molecule has 0 spiro atoms. The molecule has 1 aromatic heterocycles. The Labute approximate surface area is 91.8 Å². The second-order valence-electron chi connectivity index (χ2n) is 3.66. The van der Waals surface area contributed by atoms with Gasteiger partial charge < -0.3 is 14.5 Å². The molecule has 0 saturated heterocycles. The van der Waals surface area contributed by atoms with E-state index in [1.165, 1.54) is 12.8 Å². The Morgan fingerprint density at radius 1 is 1.40 bits per heavy atom. The molecule has 1 N–H and O–H groups in total. The molecule has 15 heavy (non-hydrogen) atoms. The van der Waals surface area contributed by atoms with Crippen LogP contribution in [0.15, 0.2) is 16.7 Å². The van der Waals surface area contributed by atoms with Crippen molar-refractivity contribution in [3.8, 4) is 0 Å². The van der Waals surface area contributed by atoms with Crippen molar-refractivity contribution < 1.29 is 9.15 Å². The van der Waals surface area contributed by atoms with Gasteiger partial charge in [0, 0.05) is 12.2 Å². The summed E-state index contributed by atoms with van der Waals surface area (Å²) in [6, 6.07) is 1.98. The van der Waals surface area contributed by atoms with Crippen molar-refractivity contribution in [1.82, 2.24) is 5.32 Å². The van der Waals surface area contributed by atoms with Crippen LogP contribution in [-0.2, 0) is 17.9 Å². The summed E-state index contributed by atoms with van der Waals surface area (Å²) in [5.74, 6) is 0.980. The summed E-state index contributed by atoms with van der Waals surface area (Å²) in [7, 11) is 1.91. The maximum atomic E-state index is 5.58. The maximum Gasteiger partial charge on any atom is 0.123 e. The van der Waals surface area contributed by atoms with Crippen molar-refractivity contribution in [2.45, 2.75) is 39.3 Å². The molecule has 0 unspecified atom stereocenters. The summed E-state index contributed by atoms with van der Waals surface area (Å²) in [5, 5.41) is 3.07. The number of rotatable bonds is 8. The minimum Gasteiger partial charge on any atom is -0.468 e.